The second-order valence-electron chi connectivity index (χ2n) is 5.95. The highest BCUT2D eigenvalue weighted by Crippen LogP contribution is 2.30. The van der Waals surface area contributed by atoms with Crippen LogP contribution in [0.1, 0.15) is 28.8 Å². The maximum atomic E-state index is 13.4. The number of nitrogens with zero attached hydrogens (tertiary/aromatic N) is 2. The lowest BCUT2D eigenvalue weighted by Gasteiger charge is -2.30. The van der Waals surface area contributed by atoms with Gasteiger partial charge in [0.1, 0.15) is 5.83 Å². The fourth-order valence-electron chi connectivity index (χ4n) is 3.10. The van der Waals surface area contributed by atoms with Gasteiger partial charge in [0, 0.05) is 18.7 Å². The van der Waals surface area contributed by atoms with E-state index in [9.17, 15) is 17.6 Å². The average Bonchev–Trinajstić information content (AvgIpc) is 2.52. The molecule has 1 amide bonds. The number of benzene rings is 1. The molecule has 0 atom stereocenters. The summed E-state index contributed by atoms with van der Waals surface area (Å²) in [7, 11) is -3.32. The van der Waals surface area contributed by atoms with Gasteiger partial charge < -0.3 is 4.90 Å². The van der Waals surface area contributed by atoms with E-state index in [1.165, 1.54) is 21.5 Å². The van der Waals surface area contributed by atoms with Crippen molar-refractivity contribution in [1.82, 2.24) is 4.90 Å². The summed E-state index contributed by atoms with van der Waals surface area (Å²) in [5, 5.41) is 0. The zero-order chi connectivity index (χ0) is 16.6. The van der Waals surface area contributed by atoms with E-state index in [0.29, 0.717) is 30.8 Å². The Morgan fingerprint density at radius 2 is 2.04 bits per heavy atom. The summed E-state index contributed by atoms with van der Waals surface area (Å²) >= 11 is 0. The molecule has 2 heterocycles. The third-order valence-electron chi connectivity index (χ3n) is 4.20. The summed E-state index contributed by atoms with van der Waals surface area (Å²) < 4.78 is 38.4. The van der Waals surface area contributed by atoms with Crippen LogP contribution >= 0.6 is 0 Å². The molecule has 0 radical (unpaired) electrons. The van der Waals surface area contributed by atoms with Crippen LogP contribution < -0.4 is 4.31 Å². The molecule has 7 heteroatoms. The zero-order valence-electron chi connectivity index (χ0n) is 13.0. The lowest BCUT2D eigenvalue weighted by atomic mass is 10.00. The molecular weight excluding hydrogens is 319 g/mol. The second kappa shape index (κ2) is 5.96. The molecule has 0 unspecified atom stereocenters. The molecule has 0 fully saturated rings. The maximum Gasteiger partial charge on any atom is 0.254 e. The van der Waals surface area contributed by atoms with Gasteiger partial charge in [0.05, 0.1) is 18.5 Å². The predicted molar refractivity (Wildman–Crippen MR) is 86.7 cm³/mol. The zero-order valence-corrected chi connectivity index (χ0v) is 13.8. The van der Waals surface area contributed by atoms with Gasteiger partial charge in [0.2, 0.25) is 10.0 Å². The molecule has 5 nitrogen and oxygen atoms in total. The highest BCUT2D eigenvalue weighted by atomic mass is 32.2. The van der Waals surface area contributed by atoms with Crippen LogP contribution in [0.3, 0.4) is 0 Å². The summed E-state index contributed by atoms with van der Waals surface area (Å²) in [6, 6.07) is 5.05. The van der Waals surface area contributed by atoms with Crippen LogP contribution in [0.15, 0.2) is 30.1 Å². The van der Waals surface area contributed by atoms with Crippen molar-refractivity contribution >= 4 is 21.6 Å². The van der Waals surface area contributed by atoms with Gasteiger partial charge >= 0.3 is 0 Å². The van der Waals surface area contributed by atoms with E-state index < -0.39 is 10.0 Å². The third-order valence-corrected chi connectivity index (χ3v) is 5.38. The topological polar surface area (TPSA) is 57.7 Å². The molecule has 0 bridgehead atoms. The second-order valence-corrected chi connectivity index (χ2v) is 7.86. The minimum Gasteiger partial charge on any atom is -0.332 e. The molecule has 23 heavy (non-hydrogen) atoms. The Morgan fingerprint density at radius 1 is 1.26 bits per heavy atom. The number of amides is 1. The molecule has 0 aliphatic carbocycles. The number of hydrogen-bond donors (Lipinski definition) is 0. The normalized spacial score (nSPS) is 18.4. The number of rotatable bonds is 2. The van der Waals surface area contributed by atoms with Crippen molar-refractivity contribution < 1.29 is 17.6 Å². The van der Waals surface area contributed by atoms with E-state index >= 15 is 0 Å². The first-order valence-corrected chi connectivity index (χ1v) is 9.45. The van der Waals surface area contributed by atoms with Crippen molar-refractivity contribution in [3.05, 3.63) is 41.2 Å². The Bertz CT molecular complexity index is 774. The first kappa shape index (κ1) is 16.0. The molecule has 0 saturated carbocycles. The largest absolute Gasteiger partial charge is 0.332 e. The number of carbonyl (C=O) groups is 1. The van der Waals surface area contributed by atoms with Crippen LogP contribution in [-0.4, -0.2) is 45.1 Å². The highest BCUT2D eigenvalue weighted by Gasteiger charge is 2.26. The Balaban J connectivity index is 1.89. The first-order chi connectivity index (χ1) is 10.9. The van der Waals surface area contributed by atoms with Gasteiger partial charge in [0.15, 0.2) is 0 Å². The quantitative estimate of drug-likeness (QED) is 0.830. The number of carbonyl (C=O) groups excluding carboxylic acids is 1. The van der Waals surface area contributed by atoms with Crippen LogP contribution in [-0.2, 0) is 16.4 Å². The molecule has 0 N–H and O–H groups in total. The predicted octanol–water partition coefficient (Wildman–Crippen LogP) is 2.10. The van der Waals surface area contributed by atoms with Crippen molar-refractivity contribution in [3.8, 4) is 0 Å². The van der Waals surface area contributed by atoms with Gasteiger partial charge in [-0.05, 0) is 49.1 Å². The Hall–Kier alpha value is -1.89. The molecule has 0 spiro atoms. The fourth-order valence-corrected chi connectivity index (χ4v) is 4.10. The molecule has 2 aliphatic rings. The van der Waals surface area contributed by atoms with E-state index in [4.69, 9.17) is 0 Å². The van der Waals surface area contributed by atoms with Crippen molar-refractivity contribution in [2.75, 3.05) is 30.2 Å². The van der Waals surface area contributed by atoms with E-state index in [0.717, 1.165) is 18.4 Å². The number of anilines is 1. The molecule has 0 aromatic heterocycles. The van der Waals surface area contributed by atoms with Gasteiger partial charge in [-0.25, -0.2) is 12.8 Å². The van der Waals surface area contributed by atoms with E-state index in [1.807, 2.05) is 0 Å². The van der Waals surface area contributed by atoms with Crippen molar-refractivity contribution in [2.24, 2.45) is 0 Å². The third kappa shape index (κ3) is 3.24. The van der Waals surface area contributed by atoms with Gasteiger partial charge in [-0.1, -0.05) is 0 Å². The summed E-state index contributed by atoms with van der Waals surface area (Å²) in [6.45, 7) is 0.964. The molecular formula is C16H19FN2O3S. The van der Waals surface area contributed by atoms with Crippen LogP contribution in [0.2, 0.25) is 0 Å². The van der Waals surface area contributed by atoms with Crippen molar-refractivity contribution in [1.29, 1.82) is 0 Å². The van der Waals surface area contributed by atoms with E-state index in [-0.39, 0.29) is 18.3 Å². The van der Waals surface area contributed by atoms with Crippen LogP contribution in [0.5, 0.6) is 0 Å². The maximum absolute atomic E-state index is 13.4. The average molecular weight is 338 g/mol. The fraction of sp³-hybridized carbons (Fsp3) is 0.438. The van der Waals surface area contributed by atoms with Gasteiger partial charge in [0.25, 0.3) is 5.91 Å². The smallest absolute Gasteiger partial charge is 0.254 e. The number of fused-ring (bicyclic) bond motifs is 1. The molecule has 124 valence electrons. The Labute approximate surface area is 135 Å². The summed E-state index contributed by atoms with van der Waals surface area (Å²) in [4.78, 5) is 14.0. The number of halogens is 1. The van der Waals surface area contributed by atoms with Crippen molar-refractivity contribution in [2.45, 2.75) is 19.3 Å². The summed E-state index contributed by atoms with van der Waals surface area (Å²) in [5.74, 6) is -0.502. The van der Waals surface area contributed by atoms with Gasteiger partial charge in [-0.3, -0.25) is 9.10 Å². The molecule has 1 aromatic rings. The van der Waals surface area contributed by atoms with Crippen LogP contribution in [0.25, 0.3) is 0 Å². The Morgan fingerprint density at radius 3 is 2.74 bits per heavy atom. The standard InChI is InChI=1S/C16H19FN2O3S/c1-23(21,22)19-9-2-4-12-10-13(6-7-15(12)19)16(20)18-8-3-5-14(17)11-18/h5-7,10H,2-4,8-9,11H2,1H3. The lowest BCUT2D eigenvalue weighted by molar-refractivity contribution is 0.0755. The first-order valence-electron chi connectivity index (χ1n) is 7.61. The molecule has 2 aliphatic heterocycles. The van der Waals surface area contributed by atoms with E-state index in [2.05, 4.69) is 0 Å². The number of hydrogen-bond acceptors (Lipinski definition) is 3. The van der Waals surface area contributed by atoms with E-state index in [1.54, 1.807) is 18.2 Å². The molecule has 1 aromatic carbocycles. The lowest BCUT2D eigenvalue weighted by Crippen LogP contribution is -2.36. The van der Waals surface area contributed by atoms with Gasteiger partial charge in [-0.2, -0.15) is 0 Å². The Kier molecular flexibility index (Phi) is 4.14. The van der Waals surface area contributed by atoms with Crippen LogP contribution in [0, 0.1) is 0 Å². The van der Waals surface area contributed by atoms with Crippen molar-refractivity contribution in [3.63, 3.8) is 0 Å². The number of aryl methyl sites for hydroxylation is 1. The summed E-state index contributed by atoms with van der Waals surface area (Å²) in [6.07, 6.45) is 4.66. The SMILES string of the molecule is CS(=O)(=O)N1CCCc2cc(C(=O)N3CCC=C(F)C3)ccc21. The minimum atomic E-state index is -3.32. The highest BCUT2D eigenvalue weighted by molar-refractivity contribution is 7.92. The van der Waals surface area contributed by atoms with Crippen LogP contribution in [0.4, 0.5) is 10.1 Å². The summed E-state index contributed by atoms with van der Waals surface area (Å²) in [5.41, 5.74) is 1.97. The molecule has 3 rings (SSSR count). The molecule has 0 saturated heterocycles. The number of sulfonamides is 1. The monoisotopic (exact) mass is 338 g/mol. The van der Waals surface area contributed by atoms with Gasteiger partial charge in [-0.15, -0.1) is 0 Å². The minimum absolute atomic E-state index is 0.00534.